The van der Waals surface area contributed by atoms with Crippen LogP contribution in [0.2, 0.25) is 0 Å². The first-order valence-electron chi connectivity index (χ1n) is 6.88. The molecular weight excluding hydrogens is 294 g/mol. The smallest absolute Gasteiger partial charge is 0.333 e. The second kappa shape index (κ2) is 7.71. The lowest BCUT2D eigenvalue weighted by Gasteiger charge is -2.07. The lowest BCUT2D eigenvalue weighted by atomic mass is 10.1. The van der Waals surface area contributed by atoms with Gasteiger partial charge in [0.15, 0.2) is 11.6 Å². The van der Waals surface area contributed by atoms with Crippen LogP contribution in [0.1, 0.15) is 12.5 Å². The van der Waals surface area contributed by atoms with Gasteiger partial charge in [0.25, 0.3) is 0 Å². The molecule has 0 N–H and O–H groups in total. The Kier molecular flexibility index (Phi) is 5.42. The van der Waals surface area contributed by atoms with E-state index in [0.717, 1.165) is 5.56 Å². The Balaban J connectivity index is 1.88. The van der Waals surface area contributed by atoms with Crippen molar-refractivity contribution < 1.29 is 14.3 Å². The molecule has 0 radical (unpaired) electrons. The van der Waals surface area contributed by atoms with Crippen molar-refractivity contribution in [1.29, 1.82) is 5.26 Å². The average molecular weight is 309 g/mol. The molecule has 0 amide bonds. The summed E-state index contributed by atoms with van der Waals surface area (Å²) in [4.78, 5) is 19.6. The van der Waals surface area contributed by atoms with Gasteiger partial charge in [0.05, 0.1) is 24.0 Å². The van der Waals surface area contributed by atoms with Gasteiger partial charge < -0.3 is 9.47 Å². The zero-order valence-electron chi connectivity index (χ0n) is 12.7. The molecule has 0 aliphatic heterocycles. The van der Waals surface area contributed by atoms with Crippen molar-refractivity contribution in [3.63, 3.8) is 0 Å². The van der Waals surface area contributed by atoms with Gasteiger partial charge in [-0.3, -0.25) is 0 Å². The van der Waals surface area contributed by atoms with Crippen LogP contribution < -0.4 is 4.74 Å². The molecule has 0 fully saturated rings. The van der Waals surface area contributed by atoms with Crippen molar-refractivity contribution >= 4 is 5.97 Å². The molecule has 6 heteroatoms. The van der Waals surface area contributed by atoms with Crippen LogP contribution in [-0.2, 0) is 9.53 Å². The van der Waals surface area contributed by atoms with Crippen molar-refractivity contribution in [2.45, 2.75) is 6.92 Å². The standard InChI is InChI=1S/C17H15N3O3/c1-12(2)17(21)23-8-7-22-15-10-19-16(20-11-15)14-5-3-13(9-18)4-6-14/h3-6,10-11H,1,7-8H2,2H3. The minimum Gasteiger partial charge on any atom is -0.487 e. The summed E-state index contributed by atoms with van der Waals surface area (Å²) in [5, 5.41) is 8.77. The van der Waals surface area contributed by atoms with Crippen LogP contribution in [0.25, 0.3) is 11.4 Å². The van der Waals surface area contributed by atoms with Crippen LogP contribution in [0.15, 0.2) is 48.8 Å². The van der Waals surface area contributed by atoms with Crippen molar-refractivity contribution in [2.24, 2.45) is 0 Å². The van der Waals surface area contributed by atoms with Gasteiger partial charge in [-0.25, -0.2) is 14.8 Å². The minimum absolute atomic E-state index is 0.128. The number of nitrogens with zero attached hydrogens (tertiary/aromatic N) is 3. The topological polar surface area (TPSA) is 85.1 Å². The van der Waals surface area contributed by atoms with Crippen LogP contribution in [0.5, 0.6) is 5.75 Å². The second-order valence-electron chi connectivity index (χ2n) is 4.70. The van der Waals surface area contributed by atoms with Gasteiger partial charge in [0, 0.05) is 11.1 Å². The fourth-order valence-electron chi connectivity index (χ4n) is 1.65. The number of nitriles is 1. The maximum Gasteiger partial charge on any atom is 0.333 e. The van der Waals surface area contributed by atoms with E-state index in [1.54, 1.807) is 43.6 Å². The molecule has 0 bridgehead atoms. The Bertz CT molecular complexity index is 731. The predicted octanol–water partition coefficient (Wildman–Crippen LogP) is 2.51. The zero-order chi connectivity index (χ0) is 16.7. The number of benzene rings is 1. The Morgan fingerprint density at radius 2 is 1.87 bits per heavy atom. The molecule has 23 heavy (non-hydrogen) atoms. The maximum atomic E-state index is 11.2. The number of esters is 1. The van der Waals surface area contributed by atoms with E-state index in [0.29, 0.717) is 22.7 Å². The number of carbonyl (C=O) groups excluding carboxylic acids is 1. The first-order valence-corrected chi connectivity index (χ1v) is 6.88. The molecule has 0 atom stereocenters. The number of hydrogen-bond donors (Lipinski definition) is 0. The van der Waals surface area contributed by atoms with Crippen molar-refractivity contribution in [2.75, 3.05) is 13.2 Å². The highest BCUT2D eigenvalue weighted by Gasteiger charge is 2.04. The number of aromatic nitrogens is 2. The number of carbonyl (C=O) groups is 1. The van der Waals surface area contributed by atoms with Crippen molar-refractivity contribution in [3.8, 4) is 23.2 Å². The summed E-state index contributed by atoms with van der Waals surface area (Å²) in [7, 11) is 0. The molecule has 2 rings (SSSR count). The molecule has 0 spiro atoms. The molecule has 0 unspecified atom stereocenters. The summed E-state index contributed by atoms with van der Waals surface area (Å²) in [5.41, 5.74) is 1.74. The van der Waals surface area contributed by atoms with E-state index in [1.807, 2.05) is 0 Å². The third kappa shape index (κ3) is 4.64. The lowest BCUT2D eigenvalue weighted by Crippen LogP contribution is -2.12. The monoisotopic (exact) mass is 309 g/mol. The van der Waals surface area contributed by atoms with Crippen LogP contribution >= 0.6 is 0 Å². The fourth-order valence-corrected chi connectivity index (χ4v) is 1.65. The van der Waals surface area contributed by atoms with Gasteiger partial charge in [0.1, 0.15) is 13.2 Å². The summed E-state index contributed by atoms with van der Waals surface area (Å²) in [6.07, 6.45) is 3.09. The molecule has 0 saturated heterocycles. The Hall–Kier alpha value is -3.20. The molecule has 116 valence electrons. The van der Waals surface area contributed by atoms with E-state index in [9.17, 15) is 4.79 Å². The molecule has 1 aromatic carbocycles. The number of hydrogen-bond acceptors (Lipinski definition) is 6. The third-order valence-corrected chi connectivity index (χ3v) is 2.83. The highest BCUT2D eigenvalue weighted by molar-refractivity contribution is 5.86. The number of rotatable bonds is 6. The Morgan fingerprint density at radius 1 is 1.22 bits per heavy atom. The normalized spacial score (nSPS) is 9.74. The fraction of sp³-hybridized carbons (Fsp3) is 0.176. The highest BCUT2D eigenvalue weighted by Crippen LogP contribution is 2.17. The quantitative estimate of drug-likeness (QED) is 0.463. The molecule has 2 aromatic rings. The molecule has 0 aliphatic carbocycles. The molecule has 1 heterocycles. The summed E-state index contributed by atoms with van der Waals surface area (Å²) < 4.78 is 10.3. The Morgan fingerprint density at radius 3 is 2.43 bits per heavy atom. The lowest BCUT2D eigenvalue weighted by molar-refractivity contribution is -0.139. The van der Waals surface area contributed by atoms with Crippen LogP contribution in [0.3, 0.4) is 0 Å². The summed E-state index contributed by atoms with van der Waals surface area (Å²) in [6.45, 7) is 5.41. The maximum absolute atomic E-state index is 11.2. The molecule has 0 aliphatic rings. The average Bonchev–Trinajstić information content (AvgIpc) is 2.59. The van der Waals surface area contributed by atoms with E-state index in [1.165, 1.54) is 0 Å². The largest absolute Gasteiger partial charge is 0.487 e. The first kappa shape index (κ1) is 16.2. The van der Waals surface area contributed by atoms with Crippen molar-refractivity contribution in [3.05, 3.63) is 54.4 Å². The molecular formula is C17H15N3O3. The highest BCUT2D eigenvalue weighted by atomic mass is 16.6. The van der Waals surface area contributed by atoms with E-state index in [4.69, 9.17) is 14.7 Å². The van der Waals surface area contributed by atoms with Gasteiger partial charge >= 0.3 is 5.97 Å². The number of ether oxygens (including phenoxy) is 2. The van der Waals surface area contributed by atoms with Gasteiger partial charge in [-0.1, -0.05) is 6.58 Å². The van der Waals surface area contributed by atoms with E-state index in [2.05, 4.69) is 22.6 Å². The summed E-state index contributed by atoms with van der Waals surface area (Å²) in [6, 6.07) is 9.04. The molecule has 0 saturated carbocycles. The van der Waals surface area contributed by atoms with Crippen LogP contribution in [0, 0.1) is 11.3 Å². The summed E-state index contributed by atoms with van der Waals surface area (Å²) >= 11 is 0. The van der Waals surface area contributed by atoms with Crippen LogP contribution in [0.4, 0.5) is 0 Å². The molecule has 1 aromatic heterocycles. The Labute approximate surface area is 134 Å². The van der Waals surface area contributed by atoms with Gasteiger partial charge in [-0.05, 0) is 31.2 Å². The van der Waals surface area contributed by atoms with Gasteiger partial charge in [-0.15, -0.1) is 0 Å². The molecule has 6 nitrogen and oxygen atoms in total. The van der Waals surface area contributed by atoms with E-state index < -0.39 is 5.97 Å². The van der Waals surface area contributed by atoms with E-state index >= 15 is 0 Å². The third-order valence-electron chi connectivity index (χ3n) is 2.83. The SMILES string of the molecule is C=C(C)C(=O)OCCOc1cnc(-c2ccc(C#N)cc2)nc1. The van der Waals surface area contributed by atoms with Gasteiger partial charge in [0.2, 0.25) is 0 Å². The van der Waals surface area contributed by atoms with E-state index in [-0.39, 0.29) is 13.2 Å². The zero-order valence-corrected chi connectivity index (χ0v) is 12.7. The first-order chi connectivity index (χ1) is 11.1. The van der Waals surface area contributed by atoms with Gasteiger partial charge in [-0.2, -0.15) is 5.26 Å². The second-order valence-corrected chi connectivity index (χ2v) is 4.70. The predicted molar refractivity (Wildman–Crippen MR) is 83.5 cm³/mol. The van der Waals surface area contributed by atoms with Crippen molar-refractivity contribution in [1.82, 2.24) is 9.97 Å². The van der Waals surface area contributed by atoms with Crippen LogP contribution in [-0.4, -0.2) is 29.2 Å². The minimum atomic E-state index is -0.444. The summed E-state index contributed by atoms with van der Waals surface area (Å²) in [5.74, 6) is 0.574.